The van der Waals surface area contributed by atoms with Gasteiger partial charge in [0.15, 0.2) is 0 Å². The molecule has 1 N–H and O–H groups in total. The summed E-state index contributed by atoms with van der Waals surface area (Å²) in [7, 11) is 3.80. The number of nitrogens with zero attached hydrogens (tertiary/aromatic N) is 1. The Hall–Kier alpha value is -1.22. The molecule has 0 aliphatic rings. The van der Waals surface area contributed by atoms with Crippen LogP contribution in [0.1, 0.15) is 6.92 Å². The van der Waals surface area contributed by atoms with E-state index in [-0.39, 0.29) is 5.91 Å². The van der Waals surface area contributed by atoms with Crippen molar-refractivity contribution in [2.75, 3.05) is 24.3 Å². The van der Waals surface area contributed by atoms with Gasteiger partial charge in [-0.2, -0.15) is 0 Å². The lowest BCUT2D eigenvalue weighted by Gasteiger charge is -2.15. The molecule has 0 aliphatic carbocycles. The minimum absolute atomic E-state index is 0.0861. The minimum atomic E-state index is -0.0861. The van der Waals surface area contributed by atoms with Crippen LogP contribution < -0.4 is 10.2 Å². The molecule has 0 spiro atoms. The van der Waals surface area contributed by atoms with Gasteiger partial charge in [-0.3, -0.25) is 4.79 Å². The molecule has 76 valence electrons. The number of halogens is 1. The molecule has 1 aromatic carbocycles. The summed E-state index contributed by atoms with van der Waals surface area (Å²) in [4.78, 5) is 12.7. The molecule has 1 amide bonds. The van der Waals surface area contributed by atoms with E-state index in [9.17, 15) is 4.79 Å². The molecule has 0 aromatic heterocycles. The molecule has 0 saturated heterocycles. The van der Waals surface area contributed by atoms with Crippen molar-refractivity contribution < 1.29 is 4.79 Å². The van der Waals surface area contributed by atoms with Crippen molar-refractivity contribution in [3.63, 3.8) is 0 Å². The molecular formula is C10H13ClN2O. The van der Waals surface area contributed by atoms with Gasteiger partial charge < -0.3 is 10.2 Å². The average Bonchev–Trinajstić information content (AvgIpc) is 2.07. The van der Waals surface area contributed by atoms with Crippen LogP contribution in [0.2, 0.25) is 5.02 Å². The van der Waals surface area contributed by atoms with Crippen LogP contribution in [0, 0.1) is 0 Å². The van der Waals surface area contributed by atoms with Crippen molar-refractivity contribution in [3.8, 4) is 0 Å². The van der Waals surface area contributed by atoms with Gasteiger partial charge in [-0.25, -0.2) is 0 Å². The van der Waals surface area contributed by atoms with E-state index in [1.54, 1.807) is 12.1 Å². The maximum absolute atomic E-state index is 10.8. The van der Waals surface area contributed by atoms with E-state index in [4.69, 9.17) is 11.6 Å². The Balaban J connectivity index is 3.00. The lowest BCUT2D eigenvalue weighted by Crippen LogP contribution is -2.11. The normalized spacial score (nSPS) is 9.71. The smallest absolute Gasteiger partial charge is 0.221 e. The summed E-state index contributed by atoms with van der Waals surface area (Å²) >= 11 is 5.97. The van der Waals surface area contributed by atoms with E-state index in [2.05, 4.69) is 5.32 Å². The Labute approximate surface area is 88.7 Å². The average molecular weight is 213 g/mol. The Bertz CT molecular complexity index is 350. The number of benzene rings is 1. The van der Waals surface area contributed by atoms with Crippen LogP contribution in [0.5, 0.6) is 0 Å². The van der Waals surface area contributed by atoms with Crippen molar-refractivity contribution in [2.24, 2.45) is 0 Å². The molecule has 0 radical (unpaired) electrons. The third kappa shape index (κ3) is 2.64. The van der Waals surface area contributed by atoms with Crippen molar-refractivity contribution >= 4 is 28.9 Å². The molecule has 0 atom stereocenters. The first-order valence-corrected chi connectivity index (χ1v) is 4.63. The molecule has 0 aliphatic heterocycles. The van der Waals surface area contributed by atoms with Gasteiger partial charge in [0, 0.05) is 26.7 Å². The Morgan fingerprint density at radius 2 is 2.07 bits per heavy atom. The van der Waals surface area contributed by atoms with Gasteiger partial charge in [-0.15, -0.1) is 0 Å². The monoisotopic (exact) mass is 212 g/mol. The van der Waals surface area contributed by atoms with E-state index in [0.29, 0.717) is 5.02 Å². The third-order valence-corrected chi connectivity index (χ3v) is 2.07. The highest BCUT2D eigenvalue weighted by Crippen LogP contribution is 2.27. The summed E-state index contributed by atoms with van der Waals surface area (Å²) in [6.07, 6.45) is 0. The fourth-order valence-electron chi connectivity index (χ4n) is 1.14. The number of nitrogens with one attached hydrogen (secondary N) is 1. The number of hydrogen-bond acceptors (Lipinski definition) is 2. The van der Waals surface area contributed by atoms with Crippen LogP contribution in [-0.4, -0.2) is 20.0 Å². The summed E-state index contributed by atoms with van der Waals surface area (Å²) in [5.74, 6) is -0.0861. The number of hydrogen-bond donors (Lipinski definition) is 1. The summed E-state index contributed by atoms with van der Waals surface area (Å²) in [6, 6.07) is 5.38. The van der Waals surface area contributed by atoms with E-state index >= 15 is 0 Å². The van der Waals surface area contributed by atoms with Crippen LogP contribution in [0.25, 0.3) is 0 Å². The highest BCUT2D eigenvalue weighted by Gasteiger charge is 2.04. The van der Waals surface area contributed by atoms with E-state index in [1.807, 2.05) is 25.1 Å². The molecule has 0 heterocycles. The molecule has 1 aromatic rings. The topological polar surface area (TPSA) is 32.3 Å². The van der Waals surface area contributed by atoms with Crippen LogP contribution in [-0.2, 0) is 4.79 Å². The molecule has 0 saturated carbocycles. The Kier molecular flexibility index (Phi) is 3.36. The van der Waals surface area contributed by atoms with E-state index < -0.39 is 0 Å². The first-order chi connectivity index (χ1) is 6.50. The van der Waals surface area contributed by atoms with Crippen LogP contribution in [0.4, 0.5) is 11.4 Å². The number of carbonyl (C=O) groups excluding carboxylic acids is 1. The summed E-state index contributed by atoms with van der Waals surface area (Å²) in [5.41, 5.74) is 1.64. The minimum Gasteiger partial charge on any atom is -0.376 e. The predicted molar refractivity (Wildman–Crippen MR) is 60.1 cm³/mol. The van der Waals surface area contributed by atoms with Crippen LogP contribution >= 0.6 is 11.6 Å². The maximum Gasteiger partial charge on any atom is 0.221 e. The second kappa shape index (κ2) is 4.33. The zero-order valence-corrected chi connectivity index (χ0v) is 9.22. The molecule has 1 rings (SSSR count). The van der Waals surface area contributed by atoms with Crippen molar-refractivity contribution in [1.29, 1.82) is 0 Å². The lowest BCUT2D eigenvalue weighted by atomic mass is 10.2. The summed E-state index contributed by atoms with van der Waals surface area (Å²) < 4.78 is 0. The number of amides is 1. The van der Waals surface area contributed by atoms with Crippen LogP contribution in [0.3, 0.4) is 0 Å². The van der Waals surface area contributed by atoms with E-state index in [1.165, 1.54) is 6.92 Å². The predicted octanol–water partition coefficient (Wildman–Crippen LogP) is 2.36. The Morgan fingerprint density at radius 3 is 2.57 bits per heavy atom. The van der Waals surface area contributed by atoms with Gasteiger partial charge in [-0.05, 0) is 18.2 Å². The lowest BCUT2D eigenvalue weighted by molar-refractivity contribution is -0.114. The zero-order chi connectivity index (χ0) is 10.7. The van der Waals surface area contributed by atoms with Gasteiger partial charge >= 0.3 is 0 Å². The summed E-state index contributed by atoms with van der Waals surface area (Å²) in [6.45, 7) is 1.48. The SMILES string of the molecule is CC(=O)Nc1ccc(Cl)c(N(C)C)c1. The number of carbonyl (C=O) groups is 1. The molecule has 4 heteroatoms. The first-order valence-electron chi connectivity index (χ1n) is 4.25. The second-order valence-electron chi connectivity index (χ2n) is 3.24. The quantitative estimate of drug-likeness (QED) is 0.817. The zero-order valence-electron chi connectivity index (χ0n) is 8.47. The molecule has 0 fully saturated rings. The van der Waals surface area contributed by atoms with E-state index in [0.717, 1.165) is 11.4 Å². The summed E-state index contributed by atoms with van der Waals surface area (Å²) in [5, 5.41) is 3.37. The fraction of sp³-hybridized carbons (Fsp3) is 0.300. The molecule has 3 nitrogen and oxygen atoms in total. The van der Waals surface area contributed by atoms with Crippen molar-refractivity contribution in [1.82, 2.24) is 0 Å². The van der Waals surface area contributed by atoms with Gasteiger partial charge in [0.25, 0.3) is 0 Å². The number of rotatable bonds is 2. The second-order valence-corrected chi connectivity index (χ2v) is 3.65. The Morgan fingerprint density at radius 1 is 1.43 bits per heavy atom. The maximum atomic E-state index is 10.8. The van der Waals surface area contributed by atoms with Crippen molar-refractivity contribution in [2.45, 2.75) is 6.92 Å². The van der Waals surface area contributed by atoms with Gasteiger partial charge in [-0.1, -0.05) is 11.6 Å². The largest absolute Gasteiger partial charge is 0.376 e. The van der Waals surface area contributed by atoms with Crippen molar-refractivity contribution in [3.05, 3.63) is 23.2 Å². The van der Waals surface area contributed by atoms with Gasteiger partial charge in [0.2, 0.25) is 5.91 Å². The van der Waals surface area contributed by atoms with Gasteiger partial charge in [0.1, 0.15) is 0 Å². The first kappa shape index (κ1) is 10.9. The van der Waals surface area contributed by atoms with Gasteiger partial charge in [0.05, 0.1) is 10.7 Å². The highest BCUT2D eigenvalue weighted by atomic mass is 35.5. The molecule has 14 heavy (non-hydrogen) atoms. The van der Waals surface area contributed by atoms with Crippen LogP contribution in [0.15, 0.2) is 18.2 Å². The molecule has 0 bridgehead atoms. The fourth-order valence-corrected chi connectivity index (χ4v) is 1.42. The molecular weight excluding hydrogens is 200 g/mol. The molecule has 0 unspecified atom stereocenters. The number of anilines is 2. The highest BCUT2D eigenvalue weighted by molar-refractivity contribution is 6.33. The third-order valence-electron chi connectivity index (χ3n) is 1.75. The standard InChI is InChI=1S/C10H13ClN2O/c1-7(14)12-8-4-5-9(11)10(6-8)13(2)3/h4-6H,1-3H3,(H,12,14).